The summed E-state index contributed by atoms with van der Waals surface area (Å²) < 4.78 is 16.6. The van der Waals surface area contributed by atoms with Gasteiger partial charge in [0.1, 0.15) is 0 Å². The van der Waals surface area contributed by atoms with Crippen molar-refractivity contribution in [2.75, 3.05) is 34.4 Å². The van der Waals surface area contributed by atoms with E-state index in [-0.39, 0.29) is 11.8 Å². The van der Waals surface area contributed by atoms with E-state index < -0.39 is 0 Å². The number of amides is 1. The van der Waals surface area contributed by atoms with Crippen LogP contribution in [0.5, 0.6) is 17.2 Å². The number of ether oxygens (including phenoxy) is 3. The van der Waals surface area contributed by atoms with Gasteiger partial charge in [0, 0.05) is 24.2 Å². The summed E-state index contributed by atoms with van der Waals surface area (Å²) in [5.74, 6) is 1.55. The number of rotatable bonds is 5. The number of hydrogen-bond acceptors (Lipinski definition) is 5. The molecule has 0 aliphatic carbocycles. The highest BCUT2D eigenvalue weighted by molar-refractivity contribution is 6.11. The number of likely N-dealkylation sites (tertiary alicyclic amines) is 1. The third-order valence-electron chi connectivity index (χ3n) is 5.50. The molecule has 1 amide bonds. The molecule has 0 saturated carbocycles. The van der Waals surface area contributed by atoms with Crippen molar-refractivity contribution < 1.29 is 19.0 Å². The van der Waals surface area contributed by atoms with Crippen molar-refractivity contribution in [3.8, 4) is 34.4 Å². The standard InChI is InChI=1S/C24H22N2O4/c1-28-21-11-10-19(22(29-2)23(21)30-3)18-8-9-20(17-7-5-4-6-16(17)18)24(27)26-13-15(12-25)14-26/h4-11,15H,13-14H2,1-3H3. The molecule has 30 heavy (non-hydrogen) atoms. The topological polar surface area (TPSA) is 71.8 Å². The van der Waals surface area contributed by atoms with Gasteiger partial charge in [-0.3, -0.25) is 4.79 Å². The van der Waals surface area contributed by atoms with Crippen LogP contribution < -0.4 is 14.2 Å². The van der Waals surface area contributed by atoms with E-state index in [4.69, 9.17) is 19.5 Å². The quantitative estimate of drug-likeness (QED) is 0.642. The molecule has 0 unspecified atom stereocenters. The van der Waals surface area contributed by atoms with Crippen molar-refractivity contribution in [1.82, 2.24) is 4.90 Å². The van der Waals surface area contributed by atoms with Crippen LogP contribution in [0.4, 0.5) is 0 Å². The molecule has 6 heteroatoms. The smallest absolute Gasteiger partial charge is 0.254 e. The minimum absolute atomic E-state index is 0.0523. The molecule has 1 aliphatic rings. The van der Waals surface area contributed by atoms with E-state index in [2.05, 4.69) is 6.07 Å². The maximum absolute atomic E-state index is 13.0. The van der Waals surface area contributed by atoms with E-state index in [1.54, 1.807) is 26.2 Å². The Morgan fingerprint density at radius 3 is 2.20 bits per heavy atom. The number of methoxy groups -OCH3 is 3. The first-order chi connectivity index (χ1) is 14.6. The zero-order chi connectivity index (χ0) is 21.3. The molecular formula is C24H22N2O4. The average molecular weight is 402 g/mol. The lowest BCUT2D eigenvalue weighted by molar-refractivity contribution is 0.0579. The Balaban J connectivity index is 1.85. The molecule has 6 nitrogen and oxygen atoms in total. The fourth-order valence-electron chi connectivity index (χ4n) is 3.93. The zero-order valence-electron chi connectivity index (χ0n) is 17.1. The summed E-state index contributed by atoms with van der Waals surface area (Å²) in [6, 6.07) is 17.6. The molecule has 0 aromatic heterocycles. The fourth-order valence-corrected chi connectivity index (χ4v) is 3.93. The maximum Gasteiger partial charge on any atom is 0.254 e. The van der Waals surface area contributed by atoms with Gasteiger partial charge in [0.25, 0.3) is 5.91 Å². The number of nitriles is 1. The second-order valence-electron chi connectivity index (χ2n) is 7.12. The van der Waals surface area contributed by atoms with Gasteiger partial charge >= 0.3 is 0 Å². The van der Waals surface area contributed by atoms with Crippen LogP contribution in [0.25, 0.3) is 21.9 Å². The Bertz CT molecular complexity index is 1160. The Morgan fingerprint density at radius 2 is 1.57 bits per heavy atom. The zero-order valence-corrected chi connectivity index (χ0v) is 17.1. The van der Waals surface area contributed by atoms with Crippen molar-refractivity contribution in [2.45, 2.75) is 0 Å². The molecule has 0 radical (unpaired) electrons. The Labute approximate surface area is 175 Å². The summed E-state index contributed by atoms with van der Waals surface area (Å²) in [4.78, 5) is 14.7. The van der Waals surface area contributed by atoms with Crippen LogP contribution in [0.3, 0.4) is 0 Å². The summed E-state index contributed by atoms with van der Waals surface area (Å²) >= 11 is 0. The molecule has 3 aromatic rings. The van der Waals surface area contributed by atoms with Gasteiger partial charge in [0.05, 0.1) is 33.3 Å². The van der Waals surface area contributed by atoms with Crippen molar-refractivity contribution in [2.24, 2.45) is 5.92 Å². The van der Waals surface area contributed by atoms with Crippen molar-refractivity contribution in [3.05, 3.63) is 54.1 Å². The third kappa shape index (κ3) is 3.09. The monoisotopic (exact) mass is 402 g/mol. The molecule has 1 heterocycles. The summed E-state index contributed by atoms with van der Waals surface area (Å²) in [5, 5.41) is 10.8. The van der Waals surface area contributed by atoms with Crippen LogP contribution in [0, 0.1) is 17.2 Å². The minimum atomic E-state index is -0.0736. The minimum Gasteiger partial charge on any atom is -0.493 e. The van der Waals surface area contributed by atoms with Crippen LogP contribution in [0.2, 0.25) is 0 Å². The Kier molecular flexibility index (Phi) is 5.20. The molecule has 3 aromatic carbocycles. The predicted molar refractivity (Wildman–Crippen MR) is 114 cm³/mol. The van der Waals surface area contributed by atoms with Crippen LogP contribution in [-0.2, 0) is 0 Å². The lowest BCUT2D eigenvalue weighted by Gasteiger charge is -2.35. The van der Waals surface area contributed by atoms with Gasteiger partial charge in [-0.25, -0.2) is 0 Å². The molecule has 1 aliphatic heterocycles. The number of carbonyl (C=O) groups excluding carboxylic acids is 1. The lowest BCUT2D eigenvalue weighted by Crippen LogP contribution is -2.49. The molecule has 1 fully saturated rings. The van der Waals surface area contributed by atoms with Gasteiger partial charge < -0.3 is 19.1 Å². The highest BCUT2D eigenvalue weighted by atomic mass is 16.5. The van der Waals surface area contributed by atoms with E-state index in [0.29, 0.717) is 35.9 Å². The molecule has 152 valence electrons. The van der Waals surface area contributed by atoms with E-state index in [1.165, 1.54) is 0 Å². The summed E-state index contributed by atoms with van der Waals surface area (Å²) in [6.45, 7) is 0.962. The first kappa shape index (κ1) is 19.6. The molecule has 0 bridgehead atoms. The molecular weight excluding hydrogens is 380 g/mol. The second-order valence-corrected chi connectivity index (χ2v) is 7.12. The lowest BCUT2D eigenvalue weighted by atomic mass is 9.92. The van der Waals surface area contributed by atoms with E-state index >= 15 is 0 Å². The van der Waals surface area contributed by atoms with Gasteiger partial charge in [-0.15, -0.1) is 0 Å². The van der Waals surface area contributed by atoms with Crippen molar-refractivity contribution in [1.29, 1.82) is 5.26 Å². The number of benzene rings is 3. The fraction of sp³-hybridized carbons (Fsp3) is 0.250. The molecule has 0 N–H and O–H groups in total. The largest absolute Gasteiger partial charge is 0.493 e. The van der Waals surface area contributed by atoms with Crippen LogP contribution in [-0.4, -0.2) is 45.2 Å². The summed E-state index contributed by atoms with van der Waals surface area (Å²) in [5.41, 5.74) is 2.41. The number of carbonyl (C=O) groups is 1. The van der Waals surface area contributed by atoms with E-state index in [0.717, 1.165) is 21.9 Å². The number of fused-ring (bicyclic) bond motifs is 1. The molecule has 1 saturated heterocycles. The van der Waals surface area contributed by atoms with Crippen molar-refractivity contribution >= 4 is 16.7 Å². The SMILES string of the molecule is COc1ccc(-c2ccc(C(=O)N3CC(C#N)C3)c3ccccc23)c(OC)c1OC. The highest BCUT2D eigenvalue weighted by Crippen LogP contribution is 2.46. The van der Waals surface area contributed by atoms with Crippen LogP contribution in [0.15, 0.2) is 48.5 Å². The molecule has 4 rings (SSSR count). The molecule has 0 atom stereocenters. The number of nitrogens with zero attached hydrogens (tertiary/aromatic N) is 2. The van der Waals surface area contributed by atoms with Gasteiger partial charge in [-0.1, -0.05) is 30.3 Å². The Morgan fingerprint density at radius 1 is 0.900 bits per heavy atom. The normalized spacial score (nSPS) is 13.5. The first-order valence-electron chi connectivity index (χ1n) is 9.62. The van der Waals surface area contributed by atoms with Gasteiger partial charge in [-0.05, 0) is 34.5 Å². The second kappa shape index (κ2) is 7.96. The first-order valence-corrected chi connectivity index (χ1v) is 9.62. The summed E-state index contributed by atoms with van der Waals surface area (Å²) in [6.07, 6.45) is 0. The average Bonchev–Trinajstić information content (AvgIpc) is 2.76. The predicted octanol–water partition coefficient (Wildman–Crippen LogP) is 4.13. The van der Waals surface area contributed by atoms with Gasteiger partial charge in [0.2, 0.25) is 5.75 Å². The van der Waals surface area contributed by atoms with Gasteiger partial charge in [0.15, 0.2) is 11.5 Å². The van der Waals surface area contributed by atoms with E-state index in [1.807, 2.05) is 48.5 Å². The van der Waals surface area contributed by atoms with Crippen LogP contribution in [0.1, 0.15) is 10.4 Å². The highest BCUT2D eigenvalue weighted by Gasteiger charge is 2.32. The van der Waals surface area contributed by atoms with E-state index in [9.17, 15) is 4.79 Å². The Hall–Kier alpha value is -3.72. The third-order valence-corrected chi connectivity index (χ3v) is 5.50. The molecule has 0 spiro atoms. The van der Waals surface area contributed by atoms with Crippen molar-refractivity contribution in [3.63, 3.8) is 0 Å². The summed E-state index contributed by atoms with van der Waals surface area (Å²) in [7, 11) is 4.75. The van der Waals surface area contributed by atoms with Gasteiger partial charge in [-0.2, -0.15) is 5.26 Å². The van der Waals surface area contributed by atoms with Crippen LogP contribution >= 0.6 is 0 Å². The maximum atomic E-state index is 13.0. The number of hydrogen-bond donors (Lipinski definition) is 0.